The number of carbonyl (C=O) groups is 1. The van der Waals surface area contributed by atoms with Crippen LogP contribution in [0.5, 0.6) is 0 Å². The van der Waals surface area contributed by atoms with Crippen LogP contribution in [-0.2, 0) is 24.2 Å². The van der Waals surface area contributed by atoms with E-state index in [9.17, 15) is 4.79 Å². The van der Waals surface area contributed by atoms with Gasteiger partial charge in [-0.25, -0.2) is 9.97 Å². The normalized spacial score (nSPS) is 11.2. The van der Waals surface area contributed by atoms with E-state index in [4.69, 9.17) is 8.83 Å². The average Bonchev–Trinajstić information content (AvgIpc) is 3.52. The SMILES string of the molecule is CC(C)Cc1ccc(-c2cnc(CCC(=O)NCc3coc(-c4cccs4)n3)o2)cc1. The van der Waals surface area contributed by atoms with Gasteiger partial charge in [-0.2, -0.15) is 0 Å². The van der Waals surface area contributed by atoms with Crippen molar-refractivity contribution in [3.05, 3.63) is 71.4 Å². The number of benzene rings is 1. The average molecular weight is 436 g/mol. The number of aromatic nitrogens is 2. The van der Waals surface area contributed by atoms with Crippen molar-refractivity contribution in [3.8, 4) is 22.1 Å². The van der Waals surface area contributed by atoms with Crippen molar-refractivity contribution >= 4 is 17.2 Å². The minimum atomic E-state index is -0.0848. The minimum absolute atomic E-state index is 0.0848. The quantitative estimate of drug-likeness (QED) is 0.375. The summed E-state index contributed by atoms with van der Waals surface area (Å²) in [6, 6.07) is 12.2. The van der Waals surface area contributed by atoms with Crippen LogP contribution in [0.1, 0.15) is 37.4 Å². The molecule has 0 aliphatic heterocycles. The van der Waals surface area contributed by atoms with Crippen molar-refractivity contribution in [1.82, 2.24) is 15.3 Å². The molecule has 6 nitrogen and oxygen atoms in total. The topological polar surface area (TPSA) is 81.2 Å². The molecule has 4 rings (SSSR count). The van der Waals surface area contributed by atoms with Crippen LogP contribution in [0.25, 0.3) is 22.1 Å². The summed E-state index contributed by atoms with van der Waals surface area (Å²) in [4.78, 5) is 21.9. The number of amides is 1. The van der Waals surface area contributed by atoms with Gasteiger partial charge in [0.2, 0.25) is 11.8 Å². The van der Waals surface area contributed by atoms with Gasteiger partial charge in [0.1, 0.15) is 6.26 Å². The Morgan fingerprint density at radius 2 is 2.03 bits per heavy atom. The lowest BCUT2D eigenvalue weighted by atomic mass is 10.0. The number of hydrogen-bond acceptors (Lipinski definition) is 6. The number of nitrogens with zero attached hydrogens (tertiary/aromatic N) is 2. The largest absolute Gasteiger partial charge is 0.443 e. The van der Waals surface area contributed by atoms with Gasteiger partial charge < -0.3 is 14.2 Å². The highest BCUT2D eigenvalue weighted by atomic mass is 32.1. The van der Waals surface area contributed by atoms with Crippen LogP contribution in [-0.4, -0.2) is 15.9 Å². The summed E-state index contributed by atoms with van der Waals surface area (Å²) in [6.07, 6.45) is 5.08. The fourth-order valence-electron chi connectivity index (χ4n) is 3.24. The molecule has 0 unspecified atom stereocenters. The molecule has 1 aromatic carbocycles. The maximum absolute atomic E-state index is 12.2. The van der Waals surface area contributed by atoms with Gasteiger partial charge in [0.25, 0.3) is 0 Å². The van der Waals surface area contributed by atoms with Crippen molar-refractivity contribution in [1.29, 1.82) is 0 Å². The summed E-state index contributed by atoms with van der Waals surface area (Å²) in [5, 5.41) is 4.83. The van der Waals surface area contributed by atoms with Gasteiger partial charge in [0.15, 0.2) is 11.7 Å². The van der Waals surface area contributed by atoms with Crippen molar-refractivity contribution in [2.45, 2.75) is 39.7 Å². The maximum Gasteiger partial charge on any atom is 0.236 e. The second-order valence-electron chi connectivity index (χ2n) is 7.81. The molecule has 0 atom stereocenters. The fourth-order valence-corrected chi connectivity index (χ4v) is 3.89. The van der Waals surface area contributed by atoms with Gasteiger partial charge in [-0.3, -0.25) is 4.79 Å². The molecule has 1 N–H and O–H groups in total. The highest BCUT2D eigenvalue weighted by Crippen LogP contribution is 2.24. The first kappa shape index (κ1) is 21.1. The molecule has 3 aromatic heterocycles. The van der Waals surface area contributed by atoms with E-state index in [2.05, 4.69) is 53.4 Å². The highest BCUT2D eigenvalue weighted by molar-refractivity contribution is 7.13. The van der Waals surface area contributed by atoms with Crippen LogP contribution in [0, 0.1) is 5.92 Å². The fraction of sp³-hybridized carbons (Fsp3) is 0.292. The zero-order valence-electron chi connectivity index (χ0n) is 17.6. The Kier molecular flexibility index (Phi) is 6.62. The zero-order valence-corrected chi connectivity index (χ0v) is 18.4. The third kappa shape index (κ3) is 5.70. The second-order valence-corrected chi connectivity index (χ2v) is 8.76. The van der Waals surface area contributed by atoms with Crippen LogP contribution in [0.15, 0.2) is 63.1 Å². The van der Waals surface area contributed by atoms with Gasteiger partial charge in [-0.05, 0) is 29.3 Å². The molecule has 0 spiro atoms. The lowest BCUT2D eigenvalue weighted by molar-refractivity contribution is -0.121. The Morgan fingerprint density at radius 3 is 2.77 bits per heavy atom. The molecule has 0 saturated heterocycles. The number of rotatable bonds is 9. The number of hydrogen-bond donors (Lipinski definition) is 1. The van der Waals surface area contributed by atoms with E-state index < -0.39 is 0 Å². The molecule has 7 heteroatoms. The van der Waals surface area contributed by atoms with Gasteiger partial charge in [-0.15, -0.1) is 11.3 Å². The lowest BCUT2D eigenvalue weighted by Gasteiger charge is -2.05. The molecule has 4 aromatic rings. The smallest absolute Gasteiger partial charge is 0.236 e. The number of thiophene rings is 1. The minimum Gasteiger partial charge on any atom is -0.443 e. The van der Waals surface area contributed by atoms with E-state index in [1.54, 1.807) is 23.8 Å². The maximum atomic E-state index is 12.2. The van der Waals surface area contributed by atoms with E-state index in [0.29, 0.717) is 42.8 Å². The van der Waals surface area contributed by atoms with Crippen LogP contribution in [0.4, 0.5) is 0 Å². The molecule has 0 aliphatic carbocycles. The Bertz CT molecular complexity index is 1110. The second kappa shape index (κ2) is 9.75. The standard InChI is InChI=1S/C24H25N3O3S/c1-16(2)12-17-5-7-18(8-6-17)20-14-26-23(30-20)10-9-22(28)25-13-19-15-29-24(27-19)21-4-3-11-31-21/h3-8,11,14-16H,9-10,12-13H2,1-2H3,(H,25,28). The van der Waals surface area contributed by atoms with Gasteiger partial charge in [-0.1, -0.05) is 44.2 Å². The molecule has 0 aliphatic rings. The Hall–Kier alpha value is -3.19. The monoisotopic (exact) mass is 435 g/mol. The van der Waals surface area contributed by atoms with E-state index >= 15 is 0 Å². The van der Waals surface area contributed by atoms with Crippen LogP contribution in [0.2, 0.25) is 0 Å². The van der Waals surface area contributed by atoms with Crippen LogP contribution < -0.4 is 5.32 Å². The summed E-state index contributed by atoms with van der Waals surface area (Å²) < 4.78 is 11.3. The predicted molar refractivity (Wildman–Crippen MR) is 120 cm³/mol. The van der Waals surface area contributed by atoms with Crippen molar-refractivity contribution < 1.29 is 13.6 Å². The first-order valence-electron chi connectivity index (χ1n) is 10.4. The van der Waals surface area contributed by atoms with Crippen LogP contribution in [0.3, 0.4) is 0 Å². The van der Waals surface area contributed by atoms with E-state index in [1.807, 2.05) is 17.5 Å². The lowest BCUT2D eigenvalue weighted by Crippen LogP contribution is -2.23. The molecule has 1 amide bonds. The molecule has 0 bridgehead atoms. The number of nitrogens with one attached hydrogen (secondary N) is 1. The summed E-state index contributed by atoms with van der Waals surface area (Å²) in [7, 11) is 0. The van der Waals surface area contributed by atoms with Crippen molar-refractivity contribution in [2.24, 2.45) is 5.92 Å². The number of carbonyl (C=O) groups excluding carboxylic acids is 1. The van der Waals surface area contributed by atoms with Crippen LogP contribution >= 0.6 is 11.3 Å². The summed E-state index contributed by atoms with van der Waals surface area (Å²) in [5.74, 6) is 2.39. The first-order valence-corrected chi connectivity index (χ1v) is 11.2. The zero-order chi connectivity index (χ0) is 21.6. The summed E-state index contributed by atoms with van der Waals surface area (Å²) in [5.41, 5.74) is 2.99. The third-order valence-corrected chi connectivity index (χ3v) is 5.61. The van der Waals surface area contributed by atoms with E-state index in [1.165, 1.54) is 5.56 Å². The van der Waals surface area contributed by atoms with Gasteiger partial charge in [0.05, 0.1) is 23.3 Å². The Morgan fingerprint density at radius 1 is 1.19 bits per heavy atom. The predicted octanol–water partition coefficient (Wildman–Crippen LogP) is 5.51. The molecule has 3 heterocycles. The molecule has 31 heavy (non-hydrogen) atoms. The molecule has 0 fully saturated rings. The molecule has 0 saturated carbocycles. The molecule has 160 valence electrons. The van der Waals surface area contributed by atoms with E-state index in [0.717, 1.165) is 22.6 Å². The summed E-state index contributed by atoms with van der Waals surface area (Å²) >= 11 is 1.56. The number of aryl methyl sites for hydroxylation is 1. The summed E-state index contributed by atoms with van der Waals surface area (Å²) in [6.45, 7) is 4.75. The van der Waals surface area contributed by atoms with Gasteiger partial charge in [0, 0.05) is 18.4 Å². The number of oxazole rings is 2. The van der Waals surface area contributed by atoms with Crippen molar-refractivity contribution in [3.63, 3.8) is 0 Å². The molecular weight excluding hydrogens is 410 g/mol. The Labute approximate surface area is 185 Å². The third-order valence-electron chi connectivity index (χ3n) is 4.75. The molecular formula is C24H25N3O3S. The van der Waals surface area contributed by atoms with Crippen molar-refractivity contribution in [2.75, 3.05) is 0 Å². The first-order chi connectivity index (χ1) is 15.1. The highest BCUT2D eigenvalue weighted by Gasteiger charge is 2.11. The Balaban J connectivity index is 1.25. The van der Waals surface area contributed by atoms with E-state index in [-0.39, 0.29) is 5.91 Å². The van der Waals surface area contributed by atoms with Gasteiger partial charge >= 0.3 is 0 Å². The molecule has 0 radical (unpaired) electrons.